The summed E-state index contributed by atoms with van der Waals surface area (Å²) in [5, 5.41) is 10.6. The summed E-state index contributed by atoms with van der Waals surface area (Å²) >= 11 is 0. The molecule has 28 heavy (non-hydrogen) atoms. The van der Waals surface area contributed by atoms with Crippen molar-refractivity contribution in [3.8, 4) is 0 Å². The van der Waals surface area contributed by atoms with Gasteiger partial charge in [-0.1, -0.05) is 0 Å². The number of hydrogen-bond acceptors (Lipinski definition) is 8. The average Bonchev–Trinajstić information content (AvgIpc) is 2.46. The number of carbonyl (C=O) groups excluding carboxylic acids is 1. The van der Waals surface area contributed by atoms with E-state index in [4.69, 9.17) is 4.74 Å². The van der Waals surface area contributed by atoms with Gasteiger partial charge in [-0.25, -0.2) is 16.8 Å². The van der Waals surface area contributed by atoms with Gasteiger partial charge < -0.3 is 14.0 Å². The van der Waals surface area contributed by atoms with Gasteiger partial charge in [0.25, 0.3) is 0 Å². The Hall–Kier alpha value is -0.960. The number of hydrogen-bond donors (Lipinski definition) is 1. The number of rotatable bonds is 7. The lowest BCUT2D eigenvalue weighted by molar-refractivity contribution is -0.196. The summed E-state index contributed by atoms with van der Waals surface area (Å²) in [6, 6.07) is 0. The van der Waals surface area contributed by atoms with Gasteiger partial charge in [-0.15, -0.1) is 0 Å². The number of ether oxygens (including phenoxy) is 1. The smallest absolute Gasteiger partial charge is 0.463 e. The van der Waals surface area contributed by atoms with Gasteiger partial charge in [0, 0.05) is 0 Å². The first-order valence-electron chi connectivity index (χ1n) is 8.50. The predicted octanol–water partition coefficient (Wildman–Crippen LogP) is 1.35. The summed E-state index contributed by atoms with van der Waals surface area (Å²) in [7, 11) is -11.7. The van der Waals surface area contributed by atoms with Crippen LogP contribution in [-0.2, 0) is 34.0 Å². The number of aliphatic hydroxyl groups is 1. The maximum atomic E-state index is 12.5. The van der Waals surface area contributed by atoms with Crippen LogP contribution in [0.3, 0.4) is 0 Å². The van der Waals surface area contributed by atoms with Crippen LogP contribution in [0.5, 0.6) is 0 Å². The van der Waals surface area contributed by atoms with Crippen LogP contribution in [0.4, 0.5) is 13.2 Å². The zero-order valence-corrected chi connectivity index (χ0v) is 16.1. The third kappa shape index (κ3) is 4.30. The Morgan fingerprint density at radius 3 is 2.14 bits per heavy atom. The van der Waals surface area contributed by atoms with E-state index in [1.54, 1.807) is 4.13 Å². The Morgan fingerprint density at radius 1 is 1.07 bits per heavy atom. The zero-order chi connectivity index (χ0) is 21.0. The summed E-state index contributed by atoms with van der Waals surface area (Å²) in [4.78, 5) is 12.5. The predicted molar refractivity (Wildman–Crippen MR) is 86.2 cm³/mol. The second-order valence-corrected chi connectivity index (χ2v) is 10.9. The van der Waals surface area contributed by atoms with E-state index < -0.39 is 56.0 Å². The van der Waals surface area contributed by atoms with Crippen LogP contribution in [0.2, 0.25) is 0 Å². The lowest BCUT2D eigenvalue weighted by atomic mass is 9.48. The molecule has 162 valence electrons. The van der Waals surface area contributed by atoms with E-state index in [0.29, 0.717) is 25.7 Å². The van der Waals surface area contributed by atoms with Gasteiger partial charge in [0.05, 0.1) is 17.6 Å². The zero-order valence-electron chi connectivity index (χ0n) is 14.5. The molecule has 2 unspecified atom stereocenters. The summed E-state index contributed by atoms with van der Waals surface area (Å²) in [5.74, 6) is -0.204. The van der Waals surface area contributed by atoms with E-state index >= 15 is 0 Å². The first-order chi connectivity index (χ1) is 12.7. The van der Waals surface area contributed by atoms with Crippen molar-refractivity contribution in [1.29, 1.82) is 0 Å². The van der Waals surface area contributed by atoms with Gasteiger partial charge in [-0.05, 0) is 50.4 Å². The molecule has 0 aromatic rings. The average molecular weight is 450 g/mol. The van der Waals surface area contributed by atoms with Crippen LogP contribution in [0.1, 0.15) is 38.5 Å². The Morgan fingerprint density at radius 2 is 1.64 bits per heavy atom. The summed E-state index contributed by atoms with van der Waals surface area (Å²) in [6.45, 7) is -1.51. The van der Waals surface area contributed by atoms with Crippen molar-refractivity contribution in [2.75, 3.05) is 13.2 Å². The summed E-state index contributed by atoms with van der Waals surface area (Å²) in [5.41, 5.74) is -7.65. The molecule has 0 saturated heterocycles. The standard InChI is InChI=1S/C14H19F3NO8S2/c15-14(16,17)27(21,22)18-28(23,24)26-2-1-25-11(19)12-4-9-3-10(5-12)7-13(20,6-9)8-12/h9-10,20H,1-8H2/q-1. The molecule has 0 radical (unpaired) electrons. The Balaban J connectivity index is 1.51. The molecule has 2 atom stereocenters. The SMILES string of the molecule is O=C(OCCOS(=O)(=O)[N-]S(=O)(=O)C(F)(F)F)C12CC3CC(CC(O)(C3)C1)C2. The van der Waals surface area contributed by atoms with Gasteiger partial charge in [0.1, 0.15) is 6.61 Å². The highest BCUT2D eigenvalue weighted by atomic mass is 32.3. The molecule has 4 fully saturated rings. The Bertz CT molecular complexity index is 840. The second-order valence-electron chi connectivity index (χ2n) is 7.85. The minimum atomic E-state index is -6.27. The van der Waals surface area contributed by atoms with E-state index in [1.165, 1.54) is 0 Å². The number of carbonyl (C=O) groups is 1. The monoisotopic (exact) mass is 450 g/mol. The van der Waals surface area contributed by atoms with Crippen molar-refractivity contribution in [3.05, 3.63) is 4.13 Å². The molecule has 0 amide bonds. The van der Waals surface area contributed by atoms with Crippen LogP contribution < -0.4 is 0 Å². The minimum Gasteiger partial charge on any atom is -0.463 e. The number of halogens is 3. The maximum absolute atomic E-state index is 12.5. The Labute approximate surface area is 159 Å². The lowest BCUT2D eigenvalue weighted by Crippen LogP contribution is -2.58. The number of alkyl halides is 3. The molecule has 4 saturated carbocycles. The fourth-order valence-electron chi connectivity index (χ4n) is 5.06. The Kier molecular flexibility index (Phi) is 5.27. The molecule has 14 heteroatoms. The highest BCUT2D eigenvalue weighted by Crippen LogP contribution is 2.61. The molecule has 0 spiro atoms. The molecule has 4 aliphatic rings. The van der Waals surface area contributed by atoms with Gasteiger partial charge in [-0.3, -0.25) is 8.98 Å². The van der Waals surface area contributed by atoms with E-state index in [1.807, 2.05) is 0 Å². The fraction of sp³-hybridized carbons (Fsp3) is 0.929. The quantitative estimate of drug-likeness (QED) is 0.453. The minimum absolute atomic E-state index is 0.210. The van der Waals surface area contributed by atoms with Crippen molar-refractivity contribution in [2.45, 2.75) is 49.6 Å². The molecule has 9 nitrogen and oxygen atoms in total. The third-order valence-corrected chi connectivity index (χ3v) is 8.06. The molecule has 4 rings (SSSR count). The van der Waals surface area contributed by atoms with Gasteiger partial charge in [0.2, 0.25) is 10.3 Å². The van der Waals surface area contributed by atoms with Gasteiger partial charge in [-0.2, -0.15) is 13.2 Å². The maximum Gasteiger partial charge on any atom is 0.480 e. The van der Waals surface area contributed by atoms with E-state index in [0.717, 1.165) is 6.42 Å². The number of sulfonamides is 1. The van der Waals surface area contributed by atoms with Gasteiger partial charge in [0.15, 0.2) is 10.0 Å². The molecule has 4 bridgehead atoms. The molecule has 0 heterocycles. The van der Waals surface area contributed by atoms with Crippen molar-refractivity contribution < 1.29 is 48.8 Å². The van der Waals surface area contributed by atoms with Crippen LogP contribution in [0.25, 0.3) is 4.13 Å². The normalized spacial score (nSPS) is 35.1. The highest BCUT2D eigenvalue weighted by Gasteiger charge is 2.60. The van der Waals surface area contributed by atoms with E-state index in [-0.39, 0.29) is 18.3 Å². The van der Waals surface area contributed by atoms with Crippen molar-refractivity contribution >= 4 is 26.3 Å². The first kappa shape index (κ1) is 21.7. The van der Waals surface area contributed by atoms with Crippen LogP contribution in [-0.4, -0.2) is 52.2 Å². The van der Waals surface area contributed by atoms with Crippen LogP contribution >= 0.6 is 0 Å². The number of esters is 1. The van der Waals surface area contributed by atoms with Crippen molar-refractivity contribution in [1.82, 2.24) is 0 Å². The molecule has 4 aliphatic carbocycles. The van der Waals surface area contributed by atoms with Crippen molar-refractivity contribution in [2.24, 2.45) is 17.3 Å². The topological polar surface area (TPSA) is 138 Å². The molecular weight excluding hydrogens is 431 g/mol. The highest BCUT2D eigenvalue weighted by molar-refractivity contribution is 8.10. The third-order valence-electron chi connectivity index (χ3n) is 5.49. The summed E-state index contributed by atoms with van der Waals surface area (Å²) < 4.78 is 91.2. The van der Waals surface area contributed by atoms with Crippen molar-refractivity contribution in [3.63, 3.8) is 0 Å². The molecule has 0 aliphatic heterocycles. The molecule has 0 aromatic carbocycles. The van der Waals surface area contributed by atoms with E-state index in [9.17, 15) is 39.9 Å². The number of nitrogens with zero attached hydrogens (tertiary/aromatic N) is 1. The largest absolute Gasteiger partial charge is 0.480 e. The fourth-order valence-corrected chi connectivity index (χ4v) is 6.81. The summed E-state index contributed by atoms with van der Waals surface area (Å²) in [6.07, 6.45) is 3.58. The molecular formula is C14H19F3NO8S2-. The molecule has 0 aromatic heterocycles. The second kappa shape index (κ2) is 6.79. The first-order valence-corrected chi connectivity index (χ1v) is 11.3. The van der Waals surface area contributed by atoms with E-state index in [2.05, 4.69) is 4.18 Å². The van der Waals surface area contributed by atoms with Gasteiger partial charge >= 0.3 is 11.5 Å². The van der Waals surface area contributed by atoms with Crippen LogP contribution in [0, 0.1) is 17.3 Å². The molecule has 1 N–H and O–H groups in total. The van der Waals surface area contributed by atoms with Crippen LogP contribution in [0.15, 0.2) is 0 Å². The lowest BCUT2D eigenvalue weighted by Gasteiger charge is -2.58.